The third kappa shape index (κ3) is 5.59. The first-order valence-electron chi connectivity index (χ1n) is 7.72. The van der Waals surface area contributed by atoms with Crippen molar-refractivity contribution in [3.05, 3.63) is 81.9 Å². The van der Waals surface area contributed by atoms with Gasteiger partial charge in [0.1, 0.15) is 0 Å². The molecule has 6 nitrogen and oxygen atoms in total. The summed E-state index contributed by atoms with van der Waals surface area (Å²) in [6.45, 7) is 0.726. The zero-order chi connectivity index (χ0) is 18.1. The number of rotatable bonds is 7. The Morgan fingerprint density at radius 1 is 1.20 bits per heavy atom. The van der Waals surface area contributed by atoms with Gasteiger partial charge in [-0.3, -0.25) is 14.9 Å². The molecule has 0 atom stereocenters. The molecule has 0 aliphatic carbocycles. The standard InChI is InChI=1S/C19H17N3O3/c20-12-5-13-21(15-17-6-2-1-3-7-17)19(23)11-10-16-8-4-9-18(14-16)22(24)25/h1-4,6-11,14H,5,13,15H2/b11-10+. The first kappa shape index (κ1) is 17.9. The Bertz CT molecular complexity index is 810. The first-order chi connectivity index (χ1) is 12.1. The molecule has 0 saturated heterocycles. The molecule has 0 radical (unpaired) electrons. The quantitative estimate of drug-likeness (QED) is 0.440. The number of nitro groups is 1. The van der Waals surface area contributed by atoms with Crippen LogP contribution in [-0.2, 0) is 11.3 Å². The Morgan fingerprint density at radius 3 is 2.64 bits per heavy atom. The highest BCUT2D eigenvalue weighted by molar-refractivity contribution is 5.91. The van der Waals surface area contributed by atoms with Gasteiger partial charge in [-0.15, -0.1) is 0 Å². The van der Waals surface area contributed by atoms with Crippen LogP contribution in [0.15, 0.2) is 60.7 Å². The number of benzene rings is 2. The topological polar surface area (TPSA) is 87.2 Å². The molecule has 0 heterocycles. The van der Waals surface area contributed by atoms with E-state index in [0.29, 0.717) is 18.7 Å². The third-order valence-electron chi connectivity index (χ3n) is 3.52. The first-order valence-corrected chi connectivity index (χ1v) is 7.72. The number of nitrogens with zero attached hydrogens (tertiary/aromatic N) is 3. The predicted molar refractivity (Wildman–Crippen MR) is 94.2 cm³/mol. The van der Waals surface area contributed by atoms with Crippen LogP contribution in [0.1, 0.15) is 17.5 Å². The van der Waals surface area contributed by atoms with Crippen LogP contribution in [0.25, 0.3) is 6.08 Å². The van der Waals surface area contributed by atoms with Crippen LogP contribution < -0.4 is 0 Å². The Labute approximate surface area is 145 Å². The van der Waals surface area contributed by atoms with Crippen molar-refractivity contribution < 1.29 is 9.72 Å². The molecule has 0 saturated carbocycles. The summed E-state index contributed by atoms with van der Waals surface area (Å²) in [7, 11) is 0. The van der Waals surface area contributed by atoms with E-state index in [2.05, 4.69) is 0 Å². The molecule has 25 heavy (non-hydrogen) atoms. The minimum Gasteiger partial charge on any atom is -0.334 e. The average molecular weight is 335 g/mol. The lowest BCUT2D eigenvalue weighted by Gasteiger charge is -2.20. The highest BCUT2D eigenvalue weighted by Gasteiger charge is 2.11. The van der Waals surface area contributed by atoms with Crippen molar-refractivity contribution in [1.29, 1.82) is 5.26 Å². The summed E-state index contributed by atoms with van der Waals surface area (Å²) in [6.07, 6.45) is 3.16. The van der Waals surface area contributed by atoms with Crippen molar-refractivity contribution in [3.8, 4) is 6.07 Å². The molecule has 2 aromatic carbocycles. The number of hydrogen-bond acceptors (Lipinski definition) is 4. The minimum absolute atomic E-state index is 0.0276. The highest BCUT2D eigenvalue weighted by atomic mass is 16.6. The second-order valence-corrected chi connectivity index (χ2v) is 5.34. The van der Waals surface area contributed by atoms with Crippen LogP contribution in [0.2, 0.25) is 0 Å². The van der Waals surface area contributed by atoms with Gasteiger partial charge in [-0.1, -0.05) is 42.5 Å². The molecule has 1 amide bonds. The van der Waals surface area contributed by atoms with E-state index in [0.717, 1.165) is 5.56 Å². The number of hydrogen-bond donors (Lipinski definition) is 0. The summed E-state index contributed by atoms with van der Waals surface area (Å²) >= 11 is 0. The van der Waals surface area contributed by atoms with Gasteiger partial charge in [-0.25, -0.2) is 0 Å². The van der Waals surface area contributed by atoms with Gasteiger partial charge >= 0.3 is 0 Å². The zero-order valence-corrected chi connectivity index (χ0v) is 13.5. The molecule has 0 unspecified atom stereocenters. The Hall–Kier alpha value is -3.46. The van der Waals surface area contributed by atoms with Crippen LogP contribution in [0.5, 0.6) is 0 Å². The molecule has 0 fully saturated rings. The van der Waals surface area contributed by atoms with Gasteiger partial charge < -0.3 is 4.90 Å². The van der Waals surface area contributed by atoms with E-state index in [-0.39, 0.29) is 18.0 Å². The molecule has 6 heteroatoms. The van der Waals surface area contributed by atoms with Gasteiger partial charge in [0.15, 0.2) is 0 Å². The van der Waals surface area contributed by atoms with Gasteiger partial charge in [0, 0.05) is 31.3 Å². The predicted octanol–water partition coefficient (Wildman–Crippen LogP) is 3.55. The van der Waals surface area contributed by atoms with Crippen molar-refractivity contribution >= 4 is 17.7 Å². The minimum atomic E-state index is -0.478. The van der Waals surface area contributed by atoms with Gasteiger partial charge in [0.2, 0.25) is 5.91 Å². The van der Waals surface area contributed by atoms with Crippen molar-refractivity contribution in [1.82, 2.24) is 4.90 Å². The maximum absolute atomic E-state index is 12.4. The molecule has 2 rings (SSSR count). The van der Waals surface area contributed by atoms with E-state index in [1.807, 2.05) is 36.4 Å². The van der Waals surface area contributed by atoms with E-state index in [1.165, 1.54) is 18.2 Å². The summed E-state index contributed by atoms with van der Waals surface area (Å²) in [6, 6.07) is 17.6. The van der Waals surface area contributed by atoms with Crippen LogP contribution in [0, 0.1) is 21.4 Å². The van der Waals surface area contributed by atoms with Crippen LogP contribution in [0.4, 0.5) is 5.69 Å². The number of non-ortho nitro benzene ring substituents is 1. The summed E-state index contributed by atoms with van der Waals surface area (Å²) in [5.74, 6) is -0.245. The fourth-order valence-electron chi connectivity index (χ4n) is 2.27. The van der Waals surface area contributed by atoms with E-state index in [1.54, 1.807) is 23.1 Å². The van der Waals surface area contributed by atoms with Crippen molar-refractivity contribution in [3.63, 3.8) is 0 Å². The fourth-order valence-corrected chi connectivity index (χ4v) is 2.27. The second kappa shape index (κ2) is 8.99. The lowest BCUT2D eigenvalue weighted by molar-refractivity contribution is -0.384. The Balaban J connectivity index is 2.11. The molecule has 0 N–H and O–H groups in total. The average Bonchev–Trinajstić information content (AvgIpc) is 2.64. The smallest absolute Gasteiger partial charge is 0.270 e. The number of nitriles is 1. The van der Waals surface area contributed by atoms with E-state index < -0.39 is 4.92 Å². The molecular weight excluding hydrogens is 318 g/mol. The number of nitro benzene ring substituents is 1. The molecule has 0 aromatic heterocycles. The van der Waals surface area contributed by atoms with E-state index >= 15 is 0 Å². The van der Waals surface area contributed by atoms with Crippen molar-refractivity contribution in [2.45, 2.75) is 13.0 Å². The largest absolute Gasteiger partial charge is 0.334 e. The van der Waals surface area contributed by atoms with Gasteiger partial charge in [-0.05, 0) is 17.2 Å². The van der Waals surface area contributed by atoms with Crippen LogP contribution in [-0.4, -0.2) is 22.3 Å². The molecule has 0 aliphatic heterocycles. The molecule has 0 spiro atoms. The number of carbonyl (C=O) groups excluding carboxylic acids is 1. The Morgan fingerprint density at radius 2 is 1.96 bits per heavy atom. The lowest BCUT2D eigenvalue weighted by Crippen LogP contribution is -2.29. The fraction of sp³-hybridized carbons (Fsp3) is 0.158. The molecular formula is C19H17N3O3. The maximum Gasteiger partial charge on any atom is 0.270 e. The van der Waals surface area contributed by atoms with Crippen molar-refractivity contribution in [2.75, 3.05) is 6.54 Å². The normalized spacial score (nSPS) is 10.4. The Kier molecular flexibility index (Phi) is 6.43. The van der Waals surface area contributed by atoms with Gasteiger partial charge in [-0.2, -0.15) is 5.26 Å². The number of amides is 1. The maximum atomic E-state index is 12.4. The van der Waals surface area contributed by atoms with Crippen LogP contribution in [0.3, 0.4) is 0 Å². The molecule has 2 aromatic rings. The summed E-state index contributed by atoms with van der Waals surface area (Å²) in [4.78, 5) is 24.3. The second-order valence-electron chi connectivity index (χ2n) is 5.34. The monoisotopic (exact) mass is 335 g/mol. The van der Waals surface area contributed by atoms with Gasteiger partial charge in [0.25, 0.3) is 5.69 Å². The van der Waals surface area contributed by atoms with E-state index in [4.69, 9.17) is 5.26 Å². The van der Waals surface area contributed by atoms with Crippen LogP contribution >= 0.6 is 0 Å². The summed E-state index contributed by atoms with van der Waals surface area (Å²) in [5, 5.41) is 19.6. The summed E-state index contributed by atoms with van der Waals surface area (Å²) < 4.78 is 0. The van der Waals surface area contributed by atoms with E-state index in [9.17, 15) is 14.9 Å². The number of carbonyl (C=O) groups is 1. The third-order valence-corrected chi connectivity index (χ3v) is 3.52. The molecule has 0 aliphatic rings. The SMILES string of the molecule is N#CCCN(Cc1ccccc1)C(=O)/C=C/c1cccc([N+](=O)[O-])c1. The van der Waals surface area contributed by atoms with Gasteiger partial charge in [0.05, 0.1) is 17.4 Å². The highest BCUT2D eigenvalue weighted by Crippen LogP contribution is 2.14. The molecule has 0 bridgehead atoms. The zero-order valence-electron chi connectivity index (χ0n) is 13.5. The van der Waals surface area contributed by atoms with Crippen molar-refractivity contribution in [2.24, 2.45) is 0 Å². The lowest BCUT2D eigenvalue weighted by atomic mass is 10.1. The summed E-state index contributed by atoms with van der Waals surface area (Å²) in [5.41, 5.74) is 1.51. The molecule has 126 valence electrons.